The lowest BCUT2D eigenvalue weighted by Gasteiger charge is -2.05. The summed E-state index contributed by atoms with van der Waals surface area (Å²) >= 11 is 1.76. The fourth-order valence-corrected chi connectivity index (χ4v) is 1.49. The van der Waals surface area contributed by atoms with Crippen LogP contribution in [-0.2, 0) is 4.74 Å². The van der Waals surface area contributed by atoms with Gasteiger partial charge in [-0.05, 0) is 41.6 Å². The first-order valence-corrected chi connectivity index (χ1v) is 5.25. The van der Waals surface area contributed by atoms with E-state index in [2.05, 4.69) is 0 Å². The minimum absolute atomic E-state index is 0.0303. The van der Waals surface area contributed by atoms with Gasteiger partial charge in [0, 0.05) is 0 Å². The van der Waals surface area contributed by atoms with Crippen LogP contribution in [-0.4, -0.2) is 12.6 Å². The third kappa shape index (κ3) is 2.45. The van der Waals surface area contributed by atoms with Gasteiger partial charge in [-0.3, -0.25) is 0 Å². The van der Waals surface area contributed by atoms with Gasteiger partial charge < -0.3 is 4.74 Å². The fraction of sp³-hybridized carbons (Fsp3) is 0.200. The van der Waals surface area contributed by atoms with E-state index >= 15 is 0 Å². The Hall–Kier alpha value is -1.16. The Bertz CT molecular complexity index is 440. The molecule has 3 nitrogen and oxygen atoms in total. The number of hydrogen-bond acceptors (Lipinski definition) is 3. The van der Waals surface area contributed by atoms with Crippen molar-refractivity contribution < 1.29 is 13.9 Å². The normalized spacial score (nSPS) is 9.47. The molecule has 0 N–H and O–H groups in total. The van der Waals surface area contributed by atoms with E-state index in [1.54, 1.807) is 35.6 Å². The van der Waals surface area contributed by atoms with Gasteiger partial charge in [0.25, 0.3) is 0 Å². The number of rotatable bonds is 2. The highest BCUT2D eigenvalue weighted by molar-refractivity contribution is 14.1. The van der Waals surface area contributed by atoms with E-state index in [1.807, 2.05) is 0 Å². The van der Waals surface area contributed by atoms with Crippen LogP contribution in [0.5, 0.6) is 0 Å². The Kier molecular flexibility index (Phi) is 4.03. The van der Waals surface area contributed by atoms with Crippen molar-refractivity contribution in [3.63, 3.8) is 0 Å². The maximum atomic E-state index is 13.4. The minimum atomic E-state index is -0.677. The number of halogens is 2. The predicted molar refractivity (Wildman–Crippen MR) is 59.8 cm³/mol. The summed E-state index contributed by atoms with van der Waals surface area (Å²) in [6, 6.07) is 4.49. The van der Waals surface area contributed by atoms with Crippen LogP contribution >= 0.6 is 22.6 Å². The monoisotopic (exact) mass is 319 g/mol. The lowest BCUT2D eigenvalue weighted by molar-refractivity contribution is 0.0525. The first kappa shape index (κ1) is 11.9. The molecule has 0 unspecified atom stereocenters. The Balaban J connectivity index is 3.26. The second-order valence-corrected chi connectivity index (χ2v) is 3.78. The molecule has 0 aliphatic heterocycles. The molecule has 1 aromatic carbocycles. The Labute approximate surface area is 100.0 Å². The van der Waals surface area contributed by atoms with Crippen molar-refractivity contribution in [1.82, 2.24) is 0 Å². The van der Waals surface area contributed by atoms with Gasteiger partial charge in [-0.25, -0.2) is 9.18 Å². The molecule has 0 spiro atoms. The molecule has 0 aromatic heterocycles. The van der Waals surface area contributed by atoms with Gasteiger partial charge >= 0.3 is 5.97 Å². The van der Waals surface area contributed by atoms with Crippen LogP contribution in [0, 0.1) is 20.7 Å². The summed E-state index contributed by atoms with van der Waals surface area (Å²) in [6.07, 6.45) is 0. The van der Waals surface area contributed by atoms with Crippen molar-refractivity contribution >= 4 is 28.6 Å². The first-order chi connectivity index (χ1) is 7.11. The van der Waals surface area contributed by atoms with Crippen LogP contribution in [0.1, 0.15) is 22.8 Å². The zero-order chi connectivity index (χ0) is 11.4. The second-order valence-electron chi connectivity index (χ2n) is 2.62. The number of ether oxygens (including phenoxy) is 1. The molecule has 0 saturated heterocycles. The molecular weight excluding hydrogens is 312 g/mol. The third-order valence-corrected chi connectivity index (χ3v) is 2.54. The van der Waals surface area contributed by atoms with Crippen molar-refractivity contribution in [2.24, 2.45) is 0 Å². The number of esters is 1. The van der Waals surface area contributed by atoms with Crippen LogP contribution in [0.2, 0.25) is 0 Å². The van der Waals surface area contributed by atoms with Crippen LogP contribution in [0.15, 0.2) is 12.1 Å². The topological polar surface area (TPSA) is 50.1 Å². The molecule has 5 heteroatoms. The lowest BCUT2D eigenvalue weighted by atomic mass is 10.1. The summed E-state index contributed by atoms with van der Waals surface area (Å²) in [5.74, 6) is -1.35. The van der Waals surface area contributed by atoms with E-state index in [0.717, 1.165) is 0 Å². The molecule has 0 saturated carbocycles. The highest BCUT2D eigenvalue weighted by atomic mass is 127. The fourth-order valence-electron chi connectivity index (χ4n) is 1.04. The average Bonchev–Trinajstić information content (AvgIpc) is 2.22. The molecule has 0 aliphatic carbocycles. The van der Waals surface area contributed by atoms with Gasteiger partial charge in [-0.2, -0.15) is 5.26 Å². The summed E-state index contributed by atoms with van der Waals surface area (Å²) in [7, 11) is 0. The van der Waals surface area contributed by atoms with Gasteiger partial charge in [-0.15, -0.1) is 0 Å². The molecule has 0 aliphatic rings. The van der Waals surface area contributed by atoms with E-state index in [9.17, 15) is 9.18 Å². The van der Waals surface area contributed by atoms with Crippen molar-refractivity contribution in [2.45, 2.75) is 6.92 Å². The van der Waals surface area contributed by atoms with Gasteiger partial charge in [0.15, 0.2) is 5.82 Å². The van der Waals surface area contributed by atoms with Gasteiger partial charge in [-0.1, -0.05) is 0 Å². The van der Waals surface area contributed by atoms with Crippen LogP contribution in [0.3, 0.4) is 0 Å². The first-order valence-electron chi connectivity index (χ1n) is 4.17. The lowest BCUT2D eigenvalue weighted by Crippen LogP contribution is -2.08. The van der Waals surface area contributed by atoms with Gasteiger partial charge in [0.2, 0.25) is 0 Å². The minimum Gasteiger partial charge on any atom is -0.462 e. The van der Waals surface area contributed by atoms with Crippen molar-refractivity contribution in [3.8, 4) is 6.07 Å². The van der Waals surface area contributed by atoms with Crippen molar-refractivity contribution in [2.75, 3.05) is 6.61 Å². The van der Waals surface area contributed by atoms with E-state index in [4.69, 9.17) is 10.00 Å². The zero-order valence-electron chi connectivity index (χ0n) is 7.88. The molecule has 15 heavy (non-hydrogen) atoms. The quantitative estimate of drug-likeness (QED) is 0.622. The van der Waals surface area contributed by atoms with Gasteiger partial charge in [0.05, 0.1) is 15.7 Å². The standard InChI is InChI=1S/C10H7FINO2/c1-2-15-10(14)6-3-4-8(12)9(11)7(6)5-13/h3-4H,2H2,1H3. The molecule has 0 radical (unpaired) electrons. The molecule has 78 valence electrons. The Morgan fingerprint density at radius 3 is 2.87 bits per heavy atom. The second kappa shape index (κ2) is 5.07. The molecule has 0 atom stereocenters. The van der Waals surface area contributed by atoms with Crippen molar-refractivity contribution in [1.29, 1.82) is 5.26 Å². The highest BCUT2D eigenvalue weighted by Crippen LogP contribution is 2.19. The average molecular weight is 319 g/mol. The van der Waals surface area contributed by atoms with E-state index < -0.39 is 11.8 Å². The molecular formula is C10H7FINO2. The summed E-state index contributed by atoms with van der Waals surface area (Å²) in [6.45, 7) is 1.84. The SMILES string of the molecule is CCOC(=O)c1ccc(I)c(F)c1C#N. The summed E-state index contributed by atoms with van der Waals surface area (Å²) in [5.41, 5.74) is -0.294. The van der Waals surface area contributed by atoms with Gasteiger partial charge in [0.1, 0.15) is 11.6 Å². The van der Waals surface area contributed by atoms with E-state index in [0.29, 0.717) is 3.57 Å². The Morgan fingerprint density at radius 2 is 2.33 bits per heavy atom. The number of carbonyl (C=O) groups is 1. The third-order valence-electron chi connectivity index (χ3n) is 1.70. The summed E-state index contributed by atoms with van der Waals surface area (Å²) < 4.78 is 18.4. The van der Waals surface area contributed by atoms with Crippen molar-refractivity contribution in [3.05, 3.63) is 32.6 Å². The largest absolute Gasteiger partial charge is 0.462 e. The van der Waals surface area contributed by atoms with E-state index in [1.165, 1.54) is 12.1 Å². The maximum absolute atomic E-state index is 13.4. The maximum Gasteiger partial charge on any atom is 0.339 e. The molecule has 1 aromatic rings. The highest BCUT2D eigenvalue weighted by Gasteiger charge is 2.17. The number of carbonyl (C=O) groups excluding carboxylic acids is 1. The van der Waals surface area contributed by atoms with Crippen LogP contribution in [0.4, 0.5) is 4.39 Å². The van der Waals surface area contributed by atoms with Crippen LogP contribution < -0.4 is 0 Å². The molecule has 0 bridgehead atoms. The number of benzene rings is 1. The summed E-state index contributed by atoms with van der Waals surface area (Å²) in [5, 5.41) is 8.74. The predicted octanol–water partition coefficient (Wildman–Crippen LogP) is 2.48. The van der Waals surface area contributed by atoms with E-state index in [-0.39, 0.29) is 17.7 Å². The molecule has 0 heterocycles. The Morgan fingerprint density at radius 1 is 1.67 bits per heavy atom. The van der Waals surface area contributed by atoms with Crippen LogP contribution in [0.25, 0.3) is 0 Å². The zero-order valence-corrected chi connectivity index (χ0v) is 10.0. The molecule has 0 amide bonds. The summed E-state index contributed by atoms with van der Waals surface area (Å²) in [4.78, 5) is 11.3. The number of hydrogen-bond donors (Lipinski definition) is 0. The molecule has 1 rings (SSSR count). The number of nitrogens with zero attached hydrogens (tertiary/aromatic N) is 1. The smallest absolute Gasteiger partial charge is 0.339 e. The molecule has 0 fully saturated rings. The number of nitriles is 1.